The molecule has 2 aromatic rings. The summed E-state index contributed by atoms with van der Waals surface area (Å²) in [6, 6.07) is 15.7. The molecule has 0 aliphatic carbocycles. The maximum atomic E-state index is 12.0. The van der Waals surface area contributed by atoms with Gasteiger partial charge in [0, 0.05) is 32.7 Å². The van der Waals surface area contributed by atoms with Crippen LogP contribution >= 0.6 is 24.0 Å². The molecule has 1 amide bonds. The molecule has 0 atom stereocenters. The number of hydrogen-bond donors (Lipinski definition) is 2. The lowest BCUT2D eigenvalue weighted by molar-refractivity contribution is 0.0827. The molecule has 2 rings (SSSR count). The first kappa shape index (κ1) is 25.7. The Kier molecular flexibility index (Phi) is 11.9. The van der Waals surface area contributed by atoms with Gasteiger partial charge in [-0.05, 0) is 49.6 Å². The van der Waals surface area contributed by atoms with E-state index < -0.39 is 0 Å². The number of nitrogens with zero attached hydrogens (tertiary/aromatic N) is 2. The van der Waals surface area contributed by atoms with E-state index in [0.717, 1.165) is 36.8 Å². The van der Waals surface area contributed by atoms with Crippen LogP contribution in [0.15, 0.2) is 53.5 Å². The Hall–Kier alpha value is -2.29. The van der Waals surface area contributed by atoms with Gasteiger partial charge in [-0.2, -0.15) is 0 Å². The minimum absolute atomic E-state index is 0. The Morgan fingerprint density at radius 1 is 1.03 bits per heavy atom. The van der Waals surface area contributed by atoms with E-state index in [4.69, 9.17) is 4.74 Å². The highest BCUT2D eigenvalue weighted by molar-refractivity contribution is 14.0. The molecule has 0 heterocycles. The van der Waals surface area contributed by atoms with Crippen LogP contribution in [0.5, 0.6) is 5.75 Å². The summed E-state index contributed by atoms with van der Waals surface area (Å²) < 4.78 is 5.69. The van der Waals surface area contributed by atoms with Crippen molar-refractivity contribution >= 4 is 35.8 Å². The van der Waals surface area contributed by atoms with Crippen molar-refractivity contribution in [3.8, 4) is 5.75 Å². The van der Waals surface area contributed by atoms with Crippen molar-refractivity contribution in [3.05, 3.63) is 65.2 Å². The van der Waals surface area contributed by atoms with Gasteiger partial charge in [0.05, 0.1) is 13.2 Å². The minimum atomic E-state index is 0. The molecule has 30 heavy (non-hydrogen) atoms. The molecule has 0 aliphatic heterocycles. The van der Waals surface area contributed by atoms with Crippen LogP contribution in [0.4, 0.5) is 0 Å². The number of rotatable bonds is 9. The second-order valence-electron chi connectivity index (χ2n) is 6.81. The number of aliphatic imine (C=N–C) groups is 1. The van der Waals surface area contributed by atoms with Crippen molar-refractivity contribution in [1.82, 2.24) is 15.5 Å². The highest BCUT2D eigenvalue weighted by atomic mass is 127. The lowest BCUT2D eigenvalue weighted by atomic mass is 10.1. The summed E-state index contributed by atoms with van der Waals surface area (Å²) in [5.74, 6) is 1.71. The first-order chi connectivity index (χ1) is 14.0. The van der Waals surface area contributed by atoms with Gasteiger partial charge >= 0.3 is 0 Å². The fraction of sp³-hybridized carbons (Fsp3) is 0.391. The number of carbonyl (C=O) groups is 1. The summed E-state index contributed by atoms with van der Waals surface area (Å²) in [6.45, 7) is 6.79. The number of para-hydroxylation sites is 1. The van der Waals surface area contributed by atoms with Gasteiger partial charge in [0.15, 0.2) is 5.96 Å². The summed E-state index contributed by atoms with van der Waals surface area (Å²) in [5.41, 5.74) is 2.92. The molecule has 0 spiro atoms. The van der Waals surface area contributed by atoms with Gasteiger partial charge in [-0.3, -0.25) is 4.79 Å². The standard InChI is InChI=1S/C23H32N4O2.HI/c1-5-24-23(25-16-15-19-9-7-8-10-21(19)29-6-2)26-17-18-11-13-20(14-12-18)22(28)27(3)4;/h7-14H,5-6,15-17H2,1-4H3,(H2,24,25,26);1H. The van der Waals surface area contributed by atoms with E-state index in [-0.39, 0.29) is 29.9 Å². The zero-order valence-electron chi connectivity index (χ0n) is 18.3. The van der Waals surface area contributed by atoms with Crippen molar-refractivity contribution in [3.63, 3.8) is 0 Å². The van der Waals surface area contributed by atoms with Gasteiger partial charge < -0.3 is 20.3 Å². The molecule has 2 aromatic carbocycles. The van der Waals surface area contributed by atoms with Crippen molar-refractivity contribution in [2.24, 2.45) is 4.99 Å². The molecule has 7 heteroatoms. The molecule has 0 fully saturated rings. The summed E-state index contributed by atoms with van der Waals surface area (Å²) >= 11 is 0. The van der Waals surface area contributed by atoms with Crippen LogP contribution in [0.2, 0.25) is 0 Å². The van der Waals surface area contributed by atoms with Crippen LogP contribution in [-0.4, -0.2) is 50.6 Å². The third-order valence-corrected chi connectivity index (χ3v) is 4.33. The Labute approximate surface area is 197 Å². The molecule has 0 saturated carbocycles. The lowest BCUT2D eigenvalue weighted by Gasteiger charge is -2.13. The topological polar surface area (TPSA) is 66.0 Å². The average molecular weight is 524 g/mol. The number of carbonyl (C=O) groups excluding carboxylic acids is 1. The largest absolute Gasteiger partial charge is 0.494 e. The van der Waals surface area contributed by atoms with Crippen LogP contribution in [-0.2, 0) is 13.0 Å². The predicted octanol–water partition coefficient (Wildman–Crippen LogP) is 3.70. The SMILES string of the molecule is CCNC(=NCc1ccc(C(=O)N(C)C)cc1)NCCc1ccccc1OCC.I. The third kappa shape index (κ3) is 8.22. The Morgan fingerprint density at radius 2 is 1.73 bits per heavy atom. The third-order valence-electron chi connectivity index (χ3n) is 4.33. The van der Waals surface area contributed by atoms with E-state index in [1.54, 1.807) is 19.0 Å². The van der Waals surface area contributed by atoms with Gasteiger partial charge in [0.2, 0.25) is 0 Å². The Morgan fingerprint density at radius 3 is 2.37 bits per heavy atom. The number of ether oxygens (including phenoxy) is 1. The van der Waals surface area contributed by atoms with Crippen LogP contribution in [0.25, 0.3) is 0 Å². The normalized spacial score (nSPS) is 10.7. The van der Waals surface area contributed by atoms with E-state index in [9.17, 15) is 4.79 Å². The van der Waals surface area contributed by atoms with E-state index in [1.807, 2.05) is 56.3 Å². The highest BCUT2D eigenvalue weighted by Crippen LogP contribution is 2.18. The first-order valence-corrected chi connectivity index (χ1v) is 10.1. The second kappa shape index (κ2) is 13.8. The van der Waals surface area contributed by atoms with Gasteiger partial charge in [0.1, 0.15) is 5.75 Å². The highest BCUT2D eigenvalue weighted by Gasteiger charge is 2.07. The van der Waals surface area contributed by atoms with Gasteiger partial charge in [0.25, 0.3) is 5.91 Å². The van der Waals surface area contributed by atoms with Crippen LogP contribution in [0.1, 0.15) is 35.3 Å². The van der Waals surface area contributed by atoms with Crippen molar-refractivity contribution in [2.75, 3.05) is 33.8 Å². The van der Waals surface area contributed by atoms with Gasteiger partial charge in [-0.1, -0.05) is 30.3 Å². The van der Waals surface area contributed by atoms with Crippen LogP contribution in [0.3, 0.4) is 0 Å². The lowest BCUT2D eigenvalue weighted by Crippen LogP contribution is -2.38. The number of nitrogens with one attached hydrogen (secondary N) is 2. The molecule has 164 valence electrons. The fourth-order valence-corrected chi connectivity index (χ4v) is 2.85. The number of amides is 1. The number of guanidine groups is 1. The maximum Gasteiger partial charge on any atom is 0.253 e. The zero-order valence-corrected chi connectivity index (χ0v) is 20.6. The maximum absolute atomic E-state index is 12.0. The van der Waals surface area contributed by atoms with E-state index >= 15 is 0 Å². The molecular weight excluding hydrogens is 491 g/mol. The predicted molar refractivity (Wildman–Crippen MR) is 134 cm³/mol. The zero-order chi connectivity index (χ0) is 21.1. The van der Waals surface area contributed by atoms with Crippen molar-refractivity contribution in [1.29, 1.82) is 0 Å². The van der Waals surface area contributed by atoms with Crippen LogP contribution < -0.4 is 15.4 Å². The van der Waals surface area contributed by atoms with Gasteiger partial charge in [-0.15, -0.1) is 24.0 Å². The summed E-state index contributed by atoms with van der Waals surface area (Å²) in [6.07, 6.45) is 0.849. The molecule has 2 N–H and O–H groups in total. The molecular formula is C23H33IN4O2. The molecule has 0 unspecified atom stereocenters. The first-order valence-electron chi connectivity index (χ1n) is 10.1. The second-order valence-corrected chi connectivity index (χ2v) is 6.81. The smallest absolute Gasteiger partial charge is 0.253 e. The molecule has 0 bridgehead atoms. The molecule has 0 radical (unpaired) electrons. The van der Waals surface area contributed by atoms with Crippen LogP contribution in [0, 0.1) is 0 Å². The Balaban J connectivity index is 0.00000450. The summed E-state index contributed by atoms with van der Waals surface area (Å²) in [7, 11) is 3.50. The number of hydrogen-bond acceptors (Lipinski definition) is 3. The van der Waals surface area contributed by atoms with E-state index in [0.29, 0.717) is 18.7 Å². The van der Waals surface area contributed by atoms with E-state index in [2.05, 4.69) is 21.7 Å². The van der Waals surface area contributed by atoms with Gasteiger partial charge in [-0.25, -0.2) is 4.99 Å². The van der Waals surface area contributed by atoms with Crippen molar-refractivity contribution in [2.45, 2.75) is 26.8 Å². The quantitative estimate of drug-likeness (QED) is 0.298. The fourth-order valence-electron chi connectivity index (χ4n) is 2.85. The Bertz CT molecular complexity index is 807. The molecule has 0 aromatic heterocycles. The summed E-state index contributed by atoms with van der Waals surface area (Å²) in [4.78, 5) is 18.2. The average Bonchev–Trinajstić information content (AvgIpc) is 2.73. The van der Waals surface area contributed by atoms with Crippen molar-refractivity contribution < 1.29 is 9.53 Å². The molecule has 0 aliphatic rings. The minimum Gasteiger partial charge on any atom is -0.494 e. The molecule has 0 saturated heterocycles. The monoisotopic (exact) mass is 524 g/mol. The number of halogens is 1. The summed E-state index contributed by atoms with van der Waals surface area (Å²) in [5, 5.41) is 6.65. The molecule has 6 nitrogen and oxygen atoms in total. The van der Waals surface area contributed by atoms with E-state index in [1.165, 1.54) is 5.56 Å². The number of benzene rings is 2.